The molecule has 2 N–H and O–H groups in total. The lowest BCUT2D eigenvalue weighted by atomic mass is 9.99. The number of likely N-dealkylation sites (N-methyl/N-ethyl adjacent to an activating group) is 1. The van der Waals surface area contributed by atoms with Crippen molar-refractivity contribution >= 4 is 11.4 Å². The van der Waals surface area contributed by atoms with Gasteiger partial charge in [-0.3, -0.25) is 4.90 Å². The van der Waals surface area contributed by atoms with E-state index in [0.717, 1.165) is 36.8 Å². The smallest absolute Gasteiger partial charge is 0.144 e. The van der Waals surface area contributed by atoms with Crippen molar-refractivity contribution in [2.45, 2.75) is 39.3 Å². The molecule has 1 aliphatic rings. The van der Waals surface area contributed by atoms with E-state index in [2.05, 4.69) is 36.8 Å². The van der Waals surface area contributed by atoms with Crippen LogP contribution in [0.2, 0.25) is 0 Å². The first kappa shape index (κ1) is 15.0. The van der Waals surface area contributed by atoms with Gasteiger partial charge in [-0.2, -0.15) is 0 Å². The van der Waals surface area contributed by atoms with E-state index in [4.69, 9.17) is 10.5 Å². The van der Waals surface area contributed by atoms with E-state index >= 15 is 0 Å². The third kappa shape index (κ3) is 3.01. The van der Waals surface area contributed by atoms with Crippen LogP contribution < -0.4 is 15.4 Å². The van der Waals surface area contributed by atoms with E-state index in [0.29, 0.717) is 0 Å². The van der Waals surface area contributed by atoms with Gasteiger partial charge in [-0.05, 0) is 46.9 Å². The predicted octanol–water partition coefficient (Wildman–Crippen LogP) is 2.59. The average Bonchev–Trinajstić information content (AvgIpc) is 2.35. The third-order valence-corrected chi connectivity index (χ3v) is 4.06. The molecule has 2 rings (SSSR count). The Morgan fingerprint density at radius 2 is 1.95 bits per heavy atom. The van der Waals surface area contributed by atoms with Crippen LogP contribution in [-0.2, 0) is 0 Å². The van der Waals surface area contributed by atoms with Gasteiger partial charge in [0.15, 0.2) is 0 Å². The van der Waals surface area contributed by atoms with E-state index in [1.165, 1.54) is 0 Å². The molecular weight excluding hydrogens is 250 g/mol. The second-order valence-corrected chi connectivity index (χ2v) is 6.51. The van der Waals surface area contributed by atoms with Crippen LogP contribution in [0.3, 0.4) is 0 Å². The minimum Gasteiger partial charge on any atom is -0.489 e. The lowest BCUT2D eigenvalue weighted by molar-refractivity contribution is 0.139. The molecule has 0 aromatic heterocycles. The van der Waals surface area contributed by atoms with Gasteiger partial charge in [0.1, 0.15) is 5.75 Å². The van der Waals surface area contributed by atoms with E-state index in [1.54, 1.807) is 0 Å². The number of para-hydroxylation sites is 1. The van der Waals surface area contributed by atoms with E-state index < -0.39 is 0 Å². The Kier molecular flexibility index (Phi) is 4.14. The number of piperazine rings is 1. The zero-order valence-electron chi connectivity index (χ0n) is 13.3. The van der Waals surface area contributed by atoms with Gasteiger partial charge in [-0.15, -0.1) is 0 Å². The molecule has 1 heterocycles. The van der Waals surface area contributed by atoms with Crippen molar-refractivity contribution in [1.82, 2.24) is 4.90 Å². The summed E-state index contributed by atoms with van der Waals surface area (Å²) in [6.45, 7) is 11.6. The molecule has 0 amide bonds. The van der Waals surface area contributed by atoms with Crippen molar-refractivity contribution in [3.8, 4) is 5.75 Å². The van der Waals surface area contributed by atoms with Crippen molar-refractivity contribution in [3.63, 3.8) is 0 Å². The Morgan fingerprint density at radius 3 is 2.55 bits per heavy atom. The molecule has 0 spiro atoms. The number of nitrogen functional groups attached to an aromatic ring is 1. The fourth-order valence-electron chi connectivity index (χ4n) is 2.61. The molecule has 4 nitrogen and oxygen atoms in total. The fraction of sp³-hybridized carbons (Fsp3) is 0.625. The third-order valence-electron chi connectivity index (χ3n) is 4.06. The summed E-state index contributed by atoms with van der Waals surface area (Å²) in [4.78, 5) is 4.76. The van der Waals surface area contributed by atoms with Crippen molar-refractivity contribution in [1.29, 1.82) is 0 Å². The van der Waals surface area contributed by atoms with Gasteiger partial charge in [-0.25, -0.2) is 0 Å². The quantitative estimate of drug-likeness (QED) is 0.862. The topological polar surface area (TPSA) is 41.7 Å². The van der Waals surface area contributed by atoms with Gasteiger partial charge in [-0.1, -0.05) is 6.07 Å². The molecule has 4 heteroatoms. The number of anilines is 2. The molecule has 1 fully saturated rings. The summed E-state index contributed by atoms with van der Waals surface area (Å²) >= 11 is 0. The predicted molar refractivity (Wildman–Crippen MR) is 85.5 cm³/mol. The van der Waals surface area contributed by atoms with Crippen LogP contribution in [0.15, 0.2) is 18.2 Å². The number of ether oxygens (including phenoxy) is 1. The summed E-state index contributed by atoms with van der Waals surface area (Å²) in [7, 11) is 2.18. The van der Waals surface area contributed by atoms with Crippen molar-refractivity contribution in [2.24, 2.45) is 0 Å². The standard InChI is InChI=1S/C16H27N3O/c1-12(2)20-14-8-6-7-13(15(14)17)19-10-9-18(5)16(3,4)11-19/h6-8,12H,9-11,17H2,1-5H3. The van der Waals surface area contributed by atoms with Crippen LogP contribution in [0.1, 0.15) is 27.7 Å². The molecule has 1 aromatic carbocycles. The second kappa shape index (κ2) is 5.52. The highest BCUT2D eigenvalue weighted by Crippen LogP contribution is 2.35. The Hall–Kier alpha value is -1.42. The maximum absolute atomic E-state index is 6.31. The Bertz CT molecular complexity index is 471. The minimum absolute atomic E-state index is 0.136. The highest BCUT2D eigenvalue weighted by molar-refractivity contribution is 5.74. The number of hydrogen-bond acceptors (Lipinski definition) is 4. The van der Waals surface area contributed by atoms with Crippen LogP contribution in [0.5, 0.6) is 5.75 Å². The van der Waals surface area contributed by atoms with Crippen molar-refractivity contribution < 1.29 is 4.74 Å². The fourth-order valence-corrected chi connectivity index (χ4v) is 2.61. The molecule has 1 saturated heterocycles. The summed E-state index contributed by atoms with van der Waals surface area (Å²) in [5.74, 6) is 0.786. The zero-order valence-corrected chi connectivity index (χ0v) is 13.3. The Labute approximate surface area is 122 Å². The lowest BCUT2D eigenvalue weighted by Crippen LogP contribution is -2.57. The number of nitrogens with zero attached hydrogens (tertiary/aromatic N) is 2. The summed E-state index contributed by atoms with van der Waals surface area (Å²) < 4.78 is 5.79. The van der Waals surface area contributed by atoms with Crippen LogP contribution in [0.25, 0.3) is 0 Å². The number of hydrogen-bond donors (Lipinski definition) is 1. The van der Waals surface area contributed by atoms with Gasteiger partial charge >= 0.3 is 0 Å². The maximum Gasteiger partial charge on any atom is 0.144 e. The minimum atomic E-state index is 0.136. The van der Waals surface area contributed by atoms with Crippen LogP contribution in [-0.4, -0.2) is 43.2 Å². The van der Waals surface area contributed by atoms with Gasteiger partial charge in [0, 0.05) is 25.2 Å². The molecule has 0 atom stereocenters. The maximum atomic E-state index is 6.31. The Morgan fingerprint density at radius 1 is 1.25 bits per heavy atom. The molecule has 0 unspecified atom stereocenters. The molecule has 20 heavy (non-hydrogen) atoms. The molecule has 1 aromatic rings. The molecule has 112 valence electrons. The zero-order chi connectivity index (χ0) is 14.9. The highest BCUT2D eigenvalue weighted by atomic mass is 16.5. The van der Waals surface area contributed by atoms with E-state index in [1.807, 2.05) is 26.0 Å². The first-order valence-electron chi connectivity index (χ1n) is 7.32. The molecule has 0 aliphatic carbocycles. The Balaban J connectivity index is 2.25. The largest absolute Gasteiger partial charge is 0.489 e. The van der Waals surface area contributed by atoms with Gasteiger partial charge in [0.25, 0.3) is 0 Å². The first-order valence-corrected chi connectivity index (χ1v) is 7.32. The molecule has 0 bridgehead atoms. The van der Waals surface area contributed by atoms with Gasteiger partial charge in [0.05, 0.1) is 17.5 Å². The van der Waals surface area contributed by atoms with Crippen LogP contribution in [0, 0.1) is 0 Å². The van der Waals surface area contributed by atoms with Crippen LogP contribution >= 0.6 is 0 Å². The molecule has 0 radical (unpaired) electrons. The van der Waals surface area contributed by atoms with Gasteiger partial charge in [0.2, 0.25) is 0 Å². The first-order chi connectivity index (χ1) is 9.31. The normalized spacial score (nSPS) is 19.4. The second-order valence-electron chi connectivity index (χ2n) is 6.51. The molecule has 1 aliphatic heterocycles. The van der Waals surface area contributed by atoms with Gasteiger partial charge < -0.3 is 15.4 Å². The number of rotatable bonds is 3. The van der Waals surface area contributed by atoms with E-state index in [-0.39, 0.29) is 11.6 Å². The molecule has 0 saturated carbocycles. The summed E-state index contributed by atoms with van der Waals surface area (Å²) in [5, 5.41) is 0. The summed E-state index contributed by atoms with van der Waals surface area (Å²) in [6, 6.07) is 6.05. The van der Waals surface area contributed by atoms with Crippen LogP contribution in [0.4, 0.5) is 11.4 Å². The van der Waals surface area contributed by atoms with E-state index in [9.17, 15) is 0 Å². The van der Waals surface area contributed by atoms with Crippen molar-refractivity contribution in [2.75, 3.05) is 37.3 Å². The highest BCUT2D eigenvalue weighted by Gasteiger charge is 2.32. The SMILES string of the molecule is CC(C)Oc1cccc(N2CCN(C)C(C)(C)C2)c1N. The summed E-state index contributed by atoms with van der Waals surface area (Å²) in [5.41, 5.74) is 8.30. The number of benzene rings is 1. The monoisotopic (exact) mass is 277 g/mol. The number of nitrogens with two attached hydrogens (primary N) is 1. The molecular formula is C16H27N3O. The average molecular weight is 277 g/mol. The lowest BCUT2D eigenvalue weighted by Gasteiger charge is -2.46. The van der Waals surface area contributed by atoms with Crippen molar-refractivity contribution in [3.05, 3.63) is 18.2 Å². The summed E-state index contributed by atoms with van der Waals surface area (Å²) in [6.07, 6.45) is 0.136.